The summed E-state index contributed by atoms with van der Waals surface area (Å²) < 4.78 is 39.3. The lowest BCUT2D eigenvalue weighted by atomic mass is 10.1. The first-order valence-corrected chi connectivity index (χ1v) is 7.26. The number of carbonyl (C=O) groups excluding carboxylic acids is 1. The van der Waals surface area contributed by atoms with Crippen LogP contribution >= 0.6 is 11.3 Å². The number of carbonyl (C=O) groups is 1. The summed E-state index contributed by atoms with van der Waals surface area (Å²) in [6.45, 7) is -0.310. The number of aliphatic hydroxyl groups is 1. The molecule has 4 nitrogen and oxygen atoms in total. The van der Waals surface area contributed by atoms with Gasteiger partial charge in [-0.2, -0.15) is 11.3 Å². The molecule has 2 aromatic rings. The van der Waals surface area contributed by atoms with Crippen molar-refractivity contribution in [2.24, 2.45) is 0 Å². The average molecular weight is 330 g/mol. The molecule has 2 amide bonds. The lowest BCUT2D eigenvalue weighted by Crippen LogP contribution is -2.39. The molecule has 0 spiro atoms. The average Bonchev–Trinajstić information content (AvgIpc) is 3.01. The van der Waals surface area contributed by atoms with Gasteiger partial charge >= 0.3 is 6.03 Å². The van der Waals surface area contributed by atoms with Crippen molar-refractivity contribution >= 4 is 17.4 Å². The molecule has 0 saturated heterocycles. The zero-order valence-corrected chi connectivity index (χ0v) is 12.1. The van der Waals surface area contributed by atoms with Crippen molar-refractivity contribution in [3.63, 3.8) is 0 Å². The molecule has 0 radical (unpaired) electrons. The van der Waals surface area contributed by atoms with Crippen LogP contribution in [0.25, 0.3) is 0 Å². The van der Waals surface area contributed by atoms with Gasteiger partial charge in [0.1, 0.15) is 0 Å². The fourth-order valence-electron chi connectivity index (χ4n) is 1.80. The maximum absolute atomic E-state index is 13.2. The van der Waals surface area contributed by atoms with Gasteiger partial charge < -0.3 is 15.7 Å². The van der Waals surface area contributed by atoms with Crippen molar-refractivity contribution < 1.29 is 23.1 Å². The number of benzene rings is 1. The first-order valence-electron chi connectivity index (χ1n) is 6.32. The van der Waals surface area contributed by atoms with Gasteiger partial charge in [-0.25, -0.2) is 18.0 Å². The van der Waals surface area contributed by atoms with Gasteiger partial charge in [0, 0.05) is 6.54 Å². The van der Waals surface area contributed by atoms with E-state index in [0.717, 1.165) is 17.7 Å². The molecule has 1 aromatic heterocycles. The van der Waals surface area contributed by atoms with Crippen LogP contribution in [0.3, 0.4) is 0 Å². The molecular weight excluding hydrogens is 317 g/mol. The van der Waals surface area contributed by atoms with Gasteiger partial charge in [-0.1, -0.05) is 0 Å². The number of amides is 2. The first-order chi connectivity index (χ1) is 10.5. The van der Waals surface area contributed by atoms with E-state index in [2.05, 4.69) is 10.6 Å². The van der Waals surface area contributed by atoms with Gasteiger partial charge in [0.15, 0.2) is 17.5 Å². The Morgan fingerprint density at radius 1 is 1.27 bits per heavy atom. The summed E-state index contributed by atoms with van der Waals surface area (Å²) in [4.78, 5) is 11.7. The Bertz CT molecular complexity index is 627. The molecule has 8 heteroatoms. The van der Waals surface area contributed by atoms with Crippen LogP contribution in [0.2, 0.25) is 0 Å². The Kier molecular flexibility index (Phi) is 5.40. The summed E-state index contributed by atoms with van der Waals surface area (Å²) in [5.74, 6) is -4.36. The molecule has 2 rings (SSSR count). The molecule has 1 unspecified atom stereocenters. The molecule has 1 heterocycles. The molecule has 0 fully saturated rings. The normalized spacial score (nSPS) is 12.0. The zero-order valence-electron chi connectivity index (χ0n) is 11.3. The minimum absolute atomic E-state index is 0.0652. The largest absolute Gasteiger partial charge is 0.394 e. The van der Waals surface area contributed by atoms with Crippen LogP contribution in [0.15, 0.2) is 29.0 Å². The highest BCUT2D eigenvalue weighted by Gasteiger charge is 2.18. The van der Waals surface area contributed by atoms with Crippen LogP contribution in [0.1, 0.15) is 17.2 Å². The molecule has 3 N–H and O–H groups in total. The van der Waals surface area contributed by atoms with E-state index in [1.54, 1.807) is 0 Å². The number of halogens is 3. The SMILES string of the molecule is O=C(NCc1ccsc1)NC(CO)c1cc(F)c(F)c(F)c1. The number of aliphatic hydroxyl groups excluding tert-OH is 1. The van der Waals surface area contributed by atoms with E-state index in [1.807, 2.05) is 16.8 Å². The second kappa shape index (κ2) is 7.28. The van der Waals surface area contributed by atoms with E-state index in [9.17, 15) is 23.1 Å². The van der Waals surface area contributed by atoms with Crippen LogP contribution in [0.4, 0.5) is 18.0 Å². The zero-order chi connectivity index (χ0) is 16.1. The van der Waals surface area contributed by atoms with Crippen molar-refractivity contribution in [2.45, 2.75) is 12.6 Å². The van der Waals surface area contributed by atoms with Crippen LogP contribution in [0.5, 0.6) is 0 Å². The minimum atomic E-state index is -1.60. The number of rotatable bonds is 5. The summed E-state index contributed by atoms with van der Waals surface area (Å²) in [5.41, 5.74) is 0.837. The predicted molar refractivity (Wildman–Crippen MR) is 75.8 cm³/mol. The fourth-order valence-corrected chi connectivity index (χ4v) is 2.46. The second-order valence-corrected chi connectivity index (χ2v) is 5.27. The van der Waals surface area contributed by atoms with Crippen molar-refractivity contribution in [1.82, 2.24) is 10.6 Å². The fraction of sp³-hybridized carbons (Fsp3) is 0.214. The number of thiophene rings is 1. The summed E-state index contributed by atoms with van der Waals surface area (Å²) in [7, 11) is 0. The standard InChI is InChI=1S/C14H13F3N2O2S/c15-10-3-9(4-11(16)13(10)17)12(6-20)19-14(21)18-5-8-1-2-22-7-8/h1-4,7,12,20H,5-6H2,(H2,18,19,21). The molecule has 0 bridgehead atoms. The maximum atomic E-state index is 13.2. The summed E-state index contributed by atoms with van der Waals surface area (Å²) >= 11 is 1.48. The molecule has 0 aliphatic carbocycles. The van der Waals surface area contributed by atoms with E-state index in [0.29, 0.717) is 0 Å². The molecule has 0 aliphatic rings. The van der Waals surface area contributed by atoms with Gasteiger partial charge in [-0.05, 0) is 40.1 Å². The number of hydrogen-bond donors (Lipinski definition) is 3. The van der Waals surface area contributed by atoms with Gasteiger partial charge in [0.05, 0.1) is 12.6 Å². The van der Waals surface area contributed by atoms with Crippen molar-refractivity contribution in [3.05, 3.63) is 57.5 Å². The first kappa shape index (κ1) is 16.3. The minimum Gasteiger partial charge on any atom is -0.394 e. The van der Waals surface area contributed by atoms with Crippen LogP contribution in [0, 0.1) is 17.5 Å². The molecule has 0 saturated carbocycles. The smallest absolute Gasteiger partial charge is 0.315 e. The van der Waals surface area contributed by atoms with Crippen LogP contribution < -0.4 is 10.6 Å². The molecule has 0 aliphatic heterocycles. The lowest BCUT2D eigenvalue weighted by molar-refractivity contribution is 0.216. The Hall–Kier alpha value is -2.06. The highest BCUT2D eigenvalue weighted by Crippen LogP contribution is 2.19. The number of nitrogens with one attached hydrogen (secondary N) is 2. The topological polar surface area (TPSA) is 61.4 Å². The van der Waals surface area contributed by atoms with Crippen molar-refractivity contribution in [1.29, 1.82) is 0 Å². The Morgan fingerprint density at radius 3 is 2.50 bits per heavy atom. The van der Waals surface area contributed by atoms with Crippen molar-refractivity contribution in [2.75, 3.05) is 6.61 Å². The maximum Gasteiger partial charge on any atom is 0.315 e. The summed E-state index contributed by atoms with van der Waals surface area (Å²) in [6.07, 6.45) is 0. The molecule has 1 aromatic carbocycles. The predicted octanol–water partition coefficient (Wildman–Crippen LogP) is 2.70. The van der Waals surface area contributed by atoms with E-state index >= 15 is 0 Å². The molecule has 1 atom stereocenters. The highest BCUT2D eigenvalue weighted by atomic mass is 32.1. The monoisotopic (exact) mass is 330 g/mol. The molecular formula is C14H13F3N2O2S. The highest BCUT2D eigenvalue weighted by molar-refractivity contribution is 7.07. The second-order valence-electron chi connectivity index (χ2n) is 4.49. The van der Waals surface area contributed by atoms with Gasteiger partial charge in [0.2, 0.25) is 0 Å². The van der Waals surface area contributed by atoms with Gasteiger partial charge in [0.25, 0.3) is 0 Å². The van der Waals surface area contributed by atoms with E-state index in [-0.39, 0.29) is 12.1 Å². The Balaban J connectivity index is 2.01. The lowest BCUT2D eigenvalue weighted by Gasteiger charge is -2.17. The van der Waals surface area contributed by atoms with Gasteiger partial charge in [-0.15, -0.1) is 0 Å². The van der Waals surface area contributed by atoms with E-state index in [4.69, 9.17) is 0 Å². The van der Waals surface area contributed by atoms with E-state index in [1.165, 1.54) is 11.3 Å². The van der Waals surface area contributed by atoms with Crippen LogP contribution in [-0.2, 0) is 6.54 Å². The molecule has 118 valence electrons. The summed E-state index contributed by atoms with van der Waals surface area (Å²) in [6, 6.07) is 1.64. The third-order valence-corrected chi connectivity index (χ3v) is 3.66. The third-order valence-electron chi connectivity index (χ3n) is 2.93. The molecule has 22 heavy (non-hydrogen) atoms. The third kappa shape index (κ3) is 3.99. The quantitative estimate of drug-likeness (QED) is 0.738. The van der Waals surface area contributed by atoms with E-state index < -0.39 is 36.1 Å². The Labute approximate surface area is 128 Å². The van der Waals surface area contributed by atoms with Crippen LogP contribution in [-0.4, -0.2) is 17.7 Å². The number of hydrogen-bond acceptors (Lipinski definition) is 3. The van der Waals surface area contributed by atoms with Crippen molar-refractivity contribution in [3.8, 4) is 0 Å². The summed E-state index contributed by atoms with van der Waals surface area (Å²) in [5, 5.41) is 17.9. The van der Waals surface area contributed by atoms with Gasteiger partial charge in [-0.3, -0.25) is 0 Å². The number of urea groups is 1. The Morgan fingerprint density at radius 2 is 1.95 bits per heavy atom.